The molecule has 1 heterocycles. The minimum atomic E-state index is -1.25. The van der Waals surface area contributed by atoms with Gasteiger partial charge >= 0.3 is 0 Å². The van der Waals surface area contributed by atoms with Gasteiger partial charge in [-0.05, 0) is 59.8 Å². The van der Waals surface area contributed by atoms with E-state index in [1.165, 1.54) is 0 Å². The first-order valence-electron chi connectivity index (χ1n) is 9.81. The summed E-state index contributed by atoms with van der Waals surface area (Å²) in [5.74, 6) is 0.265. The summed E-state index contributed by atoms with van der Waals surface area (Å²) < 4.78 is 5.80. The summed E-state index contributed by atoms with van der Waals surface area (Å²) >= 11 is 0. The SMILES string of the molecule is CC(C)=CCCC(C)(O)C(O)CCC(C)(O)[C@@H]1CC2=C(CC[C@@H](O)C2=O)O1. The van der Waals surface area contributed by atoms with Crippen molar-refractivity contribution >= 4 is 5.78 Å². The lowest BCUT2D eigenvalue weighted by Gasteiger charge is -2.34. The third-order valence-corrected chi connectivity index (χ3v) is 5.79. The second-order valence-corrected chi connectivity index (χ2v) is 8.72. The maximum atomic E-state index is 12.1. The van der Waals surface area contributed by atoms with Crippen LogP contribution in [0.2, 0.25) is 0 Å². The molecule has 27 heavy (non-hydrogen) atoms. The smallest absolute Gasteiger partial charge is 0.190 e. The Hall–Kier alpha value is -1.21. The molecule has 6 heteroatoms. The molecule has 1 aliphatic carbocycles. The lowest BCUT2D eigenvalue weighted by Crippen LogP contribution is -2.44. The Balaban J connectivity index is 1.89. The number of hydrogen-bond donors (Lipinski definition) is 4. The fraction of sp³-hybridized carbons (Fsp3) is 0.762. The Morgan fingerprint density at radius 3 is 2.59 bits per heavy atom. The van der Waals surface area contributed by atoms with E-state index in [9.17, 15) is 25.2 Å². The van der Waals surface area contributed by atoms with Crippen molar-refractivity contribution in [3.63, 3.8) is 0 Å². The van der Waals surface area contributed by atoms with Crippen molar-refractivity contribution in [1.82, 2.24) is 0 Å². The molecule has 1 aliphatic heterocycles. The molecule has 0 saturated carbocycles. The third kappa shape index (κ3) is 5.41. The van der Waals surface area contributed by atoms with E-state index in [0.29, 0.717) is 37.0 Å². The molecule has 6 nitrogen and oxygen atoms in total. The van der Waals surface area contributed by atoms with Gasteiger partial charge in [0.2, 0.25) is 0 Å². The number of ketones is 1. The van der Waals surface area contributed by atoms with Gasteiger partial charge < -0.3 is 25.2 Å². The zero-order valence-electron chi connectivity index (χ0n) is 16.9. The maximum absolute atomic E-state index is 12.1. The molecular weight excluding hydrogens is 348 g/mol. The molecule has 0 bridgehead atoms. The van der Waals surface area contributed by atoms with Gasteiger partial charge in [-0.3, -0.25) is 4.79 Å². The Morgan fingerprint density at radius 2 is 1.96 bits per heavy atom. The van der Waals surface area contributed by atoms with Gasteiger partial charge in [0.15, 0.2) is 5.78 Å². The molecule has 4 N–H and O–H groups in total. The van der Waals surface area contributed by atoms with E-state index in [1.54, 1.807) is 13.8 Å². The number of aliphatic hydroxyl groups excluding tert-OH is 2. The highest BCUT2D eigenvalue weighted by Crippen LogP contribution is 2.39. The van der Waals surface area contributed by atoms with Crippen LogP contribution in [-0.4, -0.2) is 55.7 Å². The quantitative estimate of drug-likeness (QED) is 0.479. The van der Waals surface area contributed by atoms with Crippen LogP contribution in [0.4, 0.5) is 0 Å². The highest BCUT2D eigenvalue weighted by molar-refractivity contribution is 6.00. The van der Waals surface area contributed by atoms with E-state index < -0.39 is 29.5 Å². The number of rotatable bonds is 8. The molecule has 0 aromatic rings. The minimum absolute atomic E-state index is 0.218. The van der Waals surface area contributed by atoms with E-state index in [1.807, 2.05) is 19.9 Å². The normalized spacial score (nSPS) is 28.1. The first kappa shape index (κ1) is 22.1. The van der Waals surface area contributed by atoms with Crippen LogP contribution in [0.25, 0.3) is 0 Å². The average Bonchev–Trinajstić information content (AvgIpc) is 3.01. The molecule has 0 aromatic carbocycles. The van der Waals surface area contributed by atoms with Crippen LogP contribution in [-0.2, 0) is 9.53 Å². The molecule has 0 radical (unpaired) electrons. The number of aliphatic hydroxyl groups is 4. The van der Waals surface area contributed by atoms with Crippen LogP contribution >= 0.6 is 0 Å². The number of hydrogen-bond acceptors (Lipinski definition) is 6. The van der Waals surface area contributed by atoms with Crippen LogP contribution in [0.5, 0.6) is 0 Å². The zero-order valence-corrected chi connectivity index (χ0v) is 16.9. The van der Waals surface area contributed by atoms with Crippen molar-refractivity contribution in [2.24, 2.45) is 0 Å². The second kappa shape index (κ2) is 8.43. The number of Topliss-reactive ketones (excluding diaryl/α,β-unsaturated/α-hetero) is 1. The predicted octanol–water partition coefficient (Wildman–Crippen LogP) is 2.14. The van der Waals surface area contributed by atoms with Gasteiger partial charge in [-0.15, -0.1) is 0 Å². The molecule has 2 rings (SSSR count). The molecule has 0 aromatic heterocycles. The molecule has 3 unspecified atom stereocenters. The molecule has 0 spiro atoms. The van der Waals surface area contributed by atoms with E-state index in [0.717, 1.165) is 5.57 Å². The van der Waals surface area contributed by atoms with Crippen molar-refractivity contribution in [2.45, 2.75) is 102 Å². The monoisotopic (exact) mass is 382 g/mol. The van der Waals surface area contributed by atoms with Gasteiger partial charge in [0.25, 0.3) is 0 Å². The van der Waals surface area contributed by atoms with E-state index in [4.69, 9.17) is 4.74 Å². The van der Waals surface area contributed by atoms with E-state index in [-0.39, 0.29) is 25.0 Å². The Morgan fingerprint density at radius 1 is 1.30 bits per heavy atom. The maximum Gasteiger partial charge on any atom is 0.190 e. The van der Waals surface area contributed by atoms with Gasteiger partial charge in [0, 0.05) is 18.4 Å². The standard InChI is InChI=1S/C21H34O6/c1-13(2)6-5-10-20(3,25)17(23)9-11-21(4,26)18-12-14-16(27-18)8-7-15(22)19(14)24/h6,15,17-18,22-23,25-26H,5,7-12H2,1-4H3/t15-,17?,18+,20?,21?/m1/s1. The summed E-state index contributed by atoms with van der Waals surface area (Å²) in [6, 6.07) is 0. The van der Waals surface area contributed by atoms with Gasteiger partial charge in [-0.1, -0.05) is 11.6 Å². The predicted molar refractivity (Wildman–Crippen MR) is 102 cm³/mol. The summed E-state index contributed by atoms with van der Waals surface area (Å²) in [7, 11) is 0. The summed E-state index contributed by atoms with van der Waals surface area (Å²) in [5.41, 5.74) is -0.846. The summed E-state index contributed by atoms with van der Waals surface area (Å²) in [6.07, 6.45) is 2.16. The van der Waals surface area contributed by atoms with Crippen LogP contribution in [0, 0.1) is 0 Å². The van der Waals surface area contributed by atoms with Crippen LogP contribution < -0.4 is 0 Å². The van der Waals surface area contributed by atoms with E-state index in [2.05, 4.69) is 0 Å². The third-order valence-electron chi connectivity index (χ3n) is 5.79. The lowest BCUT2D eigenvalue weighted by molar-refractivity contribution is -0.124. The Kier molecular flexibility index (Phi) is 6.90. The van der Waals surface area contributed by atoms with Crippen molar-refractivity contribution in [3.05, 3.63) is 23.0 Å². The molecule has 0 amide bonds. The first-order valence-corrected chi connectivity index (χ1v) is 9.81. The fourth-order valence-electron chi connectivity index (χ4n) is 3.70. The van der Waals surface area contributed by atoms with Crippen LogP contribution in [0.15, 0.2) is 23.0 Å². The Bertz CT molecular complexity index is 612. The first-order chi connectivity index (χ1) is 12.4. The summed E-state index contributed by atoms with van der Waals surface area (Å²) in [5, 5.41) is 41.5. The van der Waals surface area contributed by atoms with Gasteiger partial charge in [0.1, 0.15) is 18.0 Å². The highest BCUT2D eigenvalue weighted by atomic mass is 16.5. The van der Waals surface area contributed by atoms with Crippen molar-refractivity contribution in [3.8, 4) is 0 Å². The molecule has 0 saturated heterocycles. The largest absolute Gasteiger partial charge is 0.491 e. The fourth-order valence-corrected chi connectivity index (χ4v) is 3.70. The topological polar surface area (TPSA) is 107 Å². The van der Waals surface area contributed by atoms with Crippen molar-refractivity contribution < 1.29 is 30.0 Å². The lowest BCUT2D eigenvalue weighted by atomic mass is 9.83. The van der Waals surface area contributed by atoms with Crippen LogP contribution in [0.1, 0.15) is 72.6 Å². The molecular formula is C21H34O6. The van der Waals surface area contributed by atoms with Gasteiger partial charge in [-0.2, -0.15) is 0 Å². The van der Waals surface area contributed by atoms with E-state index >= 15 is 0 Å². The summed E-state index contributed by atoms with van der Waals surface area (Å²) in [4.78, 5) is 12.1. The minimum Gasteiger partial charge on any atom is -0.491 e. The molecule has 154 valence electrons. The number of carbonyl (C=O) groups excluding carboxylic acids is 1. The van der Waals surface area contributed by atoms with Gasteiger partial charge in [-0.25, -0.2) is 0 Å². The average molecular weight is 382 g/mol. The Labute approximate surface area is 161 Å². The molecule has 5 atom stereocenters. The molecule has 2 aliphatic rings. The van der Waals surface area contributed by atoms with Crippen molar-refractivity contribution in [2.75, 3.05) is 0 Å². The number of ether oxygens (including phenoxy) is 1. The van der Waals surface area contributed by atoms with Gasteiger partial charge in [0.05, 0.1) is 17.3 Å². The highest BCUT2D eigenvalue weighted by Gasteiger charge is 2.44. The number of allylic oxidation sites excluding steroid dienone is 3. The number of carbonyl (C=O) groups is 1. The summed E-state index contributed by atoms with van der Waals surface area (Å²) in [6.45, 7) is 7.21. The second-order valence-electron chi connectivity index (χ2n) is 8.72. The van der Waals surface area contributed by atoms with Crippen molar-refractivity contribution in [1.29, 1.82) is 0 Å². The molecule has 0 fully saturated rings. The zero-order chi connectivity index (χ0) is 20.4. The van der Waals surface area contributed by atoms with Crippen LogP contribution in [0.3, 0.4) is 0 Å².